The number of aromatic nitrogens is 1. The largest absolute Gasteiger partial charge is 0.357 e. The standard InChI is InChI=1S/C17H25N5O2S2.HI/c1-3-19-17(22(2)12-8-15-6-5-13-25-15)20-10-11-21-26(23,24)16-7-4-9-18-14-16;/h4-7,9,13-14,21H,3,8,10-12H2,1-2H3,(H,19,20);1H. The molecule has 0 radical (unpaired) electrons. The zero-order chi connectivity index (χ0) is 18.8. The molecule has 27 heavy (non-hydrogen) atoms. The summed E-state index contributed by atoms with van der Waals surface area (Å²) in [5.41, 5.74) is 0. The van der Waals surface area contributed by atoms with Gasteiger partial charge in [-0.3, -0.25) is 9.98 Å². The van der Waals surface area contributed by atoms with Crippen molar-refractivity contribution in [2.75, 3.05) is 33.2 Å². The summed E-state index contributed by atoms with van der Waals surface area (Å²) in [5.74, 6) is 0.768. The van der Waals surface area contributed by atoms with Crippen LogP contribution in [0.15, 0.2) is 51.9 Å². The lowest BCUT2D eigenvalue weighted by molar-refractivity contribution is 0.486. The summed E-state index contributed by atoms with van der Waals surface area (Å²) in [5, 5.41) is 5.31. The number of nitrogens with one attached hydrogen (secondary N) is 2. The van der Waals surface area contributed by atoms with Gasteiger partial charge in [0.1, 0.15) is 4.90 Å². The van der Waals surface area contributed by atoms with E-state index in [2.05, 4.69) is 36.4 Å². The molecule has 0 aliphatic heterocycles. The van der Waals surface area contributed by atoms with Gasteiger partial charge < -0.3 is 10.2 Å². The van der Waals surface area contributed by atoms with Crippen LogP contribution in [0.3, 0.4) is 0 Å². The molecule has 0 saturated heterocycles. The topological polar surface area (TPSA) is 86.7 Å². The van der Waals surface area contributed by atoms with Gasteiger partial charge in [0.15, 0.2) is 5.96 Å². The van der Waals surface area contributed by atoms with E-state index in [1.54, 1.807) is 17.4 Å². The van der Waals surface area contributed by atoms with E-state index in [9.17, 15) is 8.42 Å². The zero-order valence-electron chi connectivity index (χ0n) is 15.5. The minimum atomic E-state index is -3.54. The molecule has 0 amide bonds. The number of guanidine groups is 1. The smallest absolute Gasteiger partial charge is 0.242 e. The monoisotopic (exact) mass is 523 g/mol. The van der Waals surface area contributed by atoms with E-state index in [0.29, 0.717) is 6.54 Å². The lowest BCUT2D eigenvalue weighted by Gasteiger charge is -2.21. The van der Waals surface area contributed by atoms with Gasteiger partial charge in [-0.2, -0.15) is 0 Å². The number of sulfonamides is 1. The second-order valence-corrected chi connectivity index (χ2v) is 8.37. The van der Waals surface area contributed by atoms with Crippen molar-refractivity contribution in [3.05, 3.63) is 46.9 Å². The van der Waals surface area contributed by atoms with Gasteiger partial charge in [0.2, 0.25) is 10.0 Å². The maximum absolute atomic E-state index is 12.1. The van der Waals surface area contributed by atoms with Gasteiger partial charge in [-0.1, -0.05) is 6.07 Å². The summed E-state index contributed by atoms with van der Waals surface area (Å²) in [7, 11) is -1.56. The zero-order valence-corrected chi connectivity index (χ0v) is 19.4. The van der Waals surface area contributed by atoms with Crippen LogP contribution in [0, 0.1) is 0 Å². The minimum absolute atomic E-state index is 0. The molecule has 0 unspecified atom stereocenters. The third kappa shape index (κ3) is 8.11. The van der Waals surface area contributed by atoms with E-state index < -0.39 is 10.0 Å². The van der Waals surface area contributed by atoms with E-state index in [-0.39, 0.29) is 35.4 Å². The van der Waals surface area contributed by atoms with Crippen LogP contribution in [0.2, 0.25) is 0 Å². The summed E-state index contributed by atoms with van der Waals surface area (Å²) >= 11 is 1.74. The Morgan fingerprint density at radius 3 is 2.78 bits per heavy atom. The number of rotatable bonds is 9. The average Bonchev–Trinajstić information content (AvgIpc) is 3.16. The van der Waals surface area contributed by atoms with Gasteiger partial charge in [0, 0.05) is 44.0 Å². The van der Waals surface area contributed by atoms with Gasteiger partial charge in [0.25, 0.3) is 0 Å². The van der Waals surface area contributed by atoms with Crippen molar-refractivity contribution in [3.8, 4) is 0 Å². The molecule has 0 fully saturated rings. The molecular weight excluding hydrogens is 497 g/mol. The first-order valence-corrected chi connectivity index (χ1v) is 10.8. The van der Waals surface area contributed by atoms with Crippen LogP contribution in [-0.4, -0.2) is 57.5 Å². The molecule has 0 saturated carbocycles. The number of nitrogens with zero attached hydrogens (tertiary/aromatic N) is 3. The molecule has 2 aromatic rings. The normalized spacial score (nSPS) is 11.7. The highest BCUT2D eigenvalue weighted by Gasteiger charge is 2.13. The summed E-state index contributed by atoms with van der Waals surface area (Å²) < 4.78 is 26.8. The molecule has 2 N–H and O–H groups in total. The molecule has 150 valence electrons. The number of hydrogen-bond acceptors (Lipinski definition) is 5. The van der Waals surface area contributed by atoms with Crippen LogP contribution in [0.25, 0.3) is 0 Å². The predicted octanol–water partition coefficient (Wildman–Crippen LogP) is 2.18. The summed E-state index contributed by atoms with van der Waals surface area (Å²) in [6.07, 6.45) is 3.82. The maximum Gasteiger partial charge on any atom is 0.242 e. The van der Waals surface area contributed by atoms with Crippen molar-refractivity contribution in [3.63, 3.8) is 0 Å². The molecule has 2 rings (SSSR count). The quantitative estimate of drug-likeness (QED) is 0.228. The number of thiophene rings is 1. The number of halogens is 1. The molecule has 0 aliphatic carbocycles. The third-order valence-corrected chi connectivity index (χ3v) is 5.96. The van der Waals surface area contributed by atoms with Gasteiger partial charge in [-0.05, 0) is 36.9 Å². The van der Waals surface area contributed by atoms with E-state index in [0.717, 1.165) is 25.5 Å². The fourth-order valence-corrected chi connectivity index (χ4v) is 3.92. The average molecular weight is 523 g/mol. The molecule has 0 bridgehead atoms. The van der Waals surface area contributed by atoms with Gasteiger partial charge in [-0.15, -0.1) is 35.3 Å². The van der Waals surface area contributed by atoms with Gasteiger partial charge in [0.05, 0.1) is 6.54 Å². The van der Waals surface area contributed by atoms with Crippen LogP contribution in [0.5, 0.6) is 0 Å². The number of hydrogen-bond donors (Lipinski definition) is 2. The highest BCUT2D eigenvalue weighted by Crippen LogP contribution is 2.09. The van der Waals surface area contributed by atoms with E-state index in [1.165, 1.54) is 23.3 Å². The molecule has 10 heteroatoms. The maximum atomic E-state index is 12.1. The summed E-state index contributed by atoms with van der Waals surface area (Å²) in [6.45, 7) is 4.18. The lowest BCUT2D eigenvalue weighted by Crippen LogP contribution is -2.40. The minimum Gasteiger partial charge on any atom is -0.357 e. The highest BCUT2D eigenvalue weighted by atomic mass is 127. The van der Waals surface area contributed by atoms with Gasteiger partial charge in [-0.25, -0.2) is 13.1 Å². The second kappa shape index (κ2) is 12.3. The first-order chi connectivity index (χ1) is 12.5. The van der Waals surface area contributed by atoms with E-state index in [4.69, 9.17) is 0 Å². The Morgan fingerprint density at radius 1 is 1.33 bits per heavy atom. The van der Waals surface area contributed by atoms with Gasteiger partial charge >= 0.3 is 0 Å². The Morgan fingerprint density at radius 2 is 2.15 bits per heavy atom. The van der Waals surface area contributed by atoms with E-state index >= 15 is 0 Å². The molecule has 0 spiro atoms. The number of likely N-dealkylation sites (N-methyl/N-ethyl adjacent to an activating group) is 1. The van der Waals surface area contributed by atoms with Crippen LogP contribution >= 0.6 is 35.3 Å². The molecule has 0 aromatic carbocycles. The molecular formula is C17H26IN5O2S2. The second-order valence-electron chi connectivity index (χ2n) is 5.57. The fourth-order valence-electron chi connectivity index (χ4n) is 2.24. The molecule has 7 nitrogen and oxygen atoms in total. The van der Waals surface area contributed by atoms with Crippen molar-refractivity contribution in [2.24, 2.45) is 4.99 Å². The van der Waals surface area contributed by atoms with Crippen molar-refractivity contribution >= 4 is 51.3 Å². The van der Waals surface area contributed by atoms with Crippen molar-refractivity contribution in [2.45, 2.75) is 18.2 Å². The number of pyridine rings is 1. The Hall–Kier alpha value is -1.24. The Balaban J connectivity index is 0.00000364. The Labute approximate surface area is 182 Å². The predicted molar refractivity (Wildman–Crippen MR) is 121 cm³/mol. The summed E-state index contributed by atoms with van der Waals surface area (Å²) in [6, 6.07) is 7.28. The van der Waals surface area contributed by atoms with Crippen molar-refractivity contribution < 1.29 is 8.42 Å². The van der Waals surface area contributed by atoms with E-state index in [1.807, 2.05) is 20.0 Å². The first kappa shape index (κ1) is 23.8. The Kier molecular flexibility index (Phi) is 10.8. The molecule has 2 aromatic heterocycles. The van der Waals surface area contributed by atoms with Crippen LogP contribution < -0.4 is 10.0 Å². The molecule has 0 atom stereocenters. The molecule has 2 heterocycles. The van der Waals surface area contributed by atoms with Crippen molar-refractivity contribution in [1.29, 1.82) is 0 Å². The van der Waals surface area contributed by atoms with Crippen LogP contribution in [0.1, 0.15) is 11.8 Å². The SMILES string of the molecule is CCNC(=NCCNS(=O)(=O)c1cccnc1)N(C)CCc1cccs1.I. The van der Waals surface area contributed by atoms with Crippen molar-refractivity contribution in [1.82, 2.24) is 19.9 Å². The highest BCUT2D eigenvalue weighted by molar-refractivity contribution is 14.0. The number of aliphatic imine (C=N–C) groups is 1. The summed E-state index contributed by atoms with van der Waals surface area (Å²) in [4.78, 5) is 11.9. The molecule has 0 aliphatic rings. The fraction of sp³-hybridized carbons (Fsp3) is 0.412. The Bertz CT molecular complexity index is 783. The van der Waals surface area contributed by atoms with Crippen LogP contribution in [-0.2, 0) is 16.4 Å². The first-order valence-electron chi connectivity index (χ1n) is 8.44. The van der Waals surface area contributed by atoms with Crippen LogP contribution in [0.4, 0.5) is 0 Å². The third-order valence-electron chi connectivity index (χ3n) is 3.58. The lowest BCUT2D eigenvalue weighted by atomic mass is 10.3.